The van der Waals surface area contributed by atoms with E-state index in [0.717, 1.165) is 19.0 Å². The number of rotatable bonds is 2. The first-order chi connectivity index (χ1) is 6.68. The zero-order chi connectivity index (χ0) is 10.1. The van der Waals surface area contributed by atoms with E-state index in [1.54, 1.807) is 0 Å². The summed E-state index contributed by atoms with van der Waals surface area (Å²) in [6.45, 7) is 5.97. The Morgan fingerprint density at radius 2 is 2.27 bits per heavy atom. The fourth-order valence-corrected chi connectivity index (χ4v) is 1.72. The largest absolute Gasteiger partial charge is 0.339 e. The predicted molar refractivity (Wildman–Crippen MR) is 58.9 cm³/mol. The third-order valence-corrected chi connectivity index (χ3v) is 2.70. The van der Waals surface area contributed by atoms with Crippen LogP contribution in [-0.4, -0.2) is 23.2 Å². The molecule has 2 heterocycles. The molecule has 86 valence electrons. The summed E-state index contributed by atoms with van der Waals surface area (Å²) in [5.74, 6) is 2.21. The second-order valence-corrected chi connectivity index (χ2v) is 4.02. The van der Waals surface area contributed by atoms with Gasteiger partial charge in [-0.05, 0) is 19.4 Å². The Hall–Kier alpha value is -0.650. The molecule has 5 nitrogen and oxygen atoms in total. The monoisotopic (exact) mass is 232 g/mol. The molecule has 1 saturated heterocycles. The number of nitrogens with one attached hydrogen (secondary N) is 1. The van der Waals surface area contributed by atoms with Gasteiger partial charge in [0.2, 0.25) is 5.89 Å². The molecule has 3 atom stereocenters. The fourth-order valence-electron chi connectivity index (χ4n) is 1.72. The van der Waals surface area contributed by atoms with E-state index in [1.165, 1.54) is 0 Å². The molecular formula is C9H17ClN4O. The van der Waals surface area contributed by atoms with E-state index < -0.39 is 0 Å². The van der Waals surface area contributed by atoms with Gasteiger partial charge in [0.25, 0.3) is 0 Å². The van der Waals surface area contributed by atoms with Gasteiger partial charge in [-0.3, -0.25) is 0 Å². The van der Waals surface area contributed by atoms with Crippen LogP contribution in [-0.2, 0) is 0 Å². The molecule has 2 rings (SSSR count). The van der Waals surface area contributed by atoms with Crippen molar-refractivity contribution in [2.24, 2.45) is 11.7 Å². The van der Waals surface area contributed by atoms with Crippen molar-refractivity contribution in [3.8, 4) is 0 Å². The molecule has 6 heteroatoms. The number of hydrogen-bond acceptors (Lipinski definition) is 5. The zero-order valence-electron chi connectivity index (χ0n) is 8.93. The van der Waals surface area contributed by atoms with Gasteiger partial charge >= 0.3 is 0 Å². The van der Waals surface area contributed by atoms with E-state index >= 15 is 0 Å². The highest BCUT2D eigenvalue weighted by Crippen LogP contribution is 2.26. The van der Waals surface area contributed by atoms with Crippen LogP contribution in [0.2, 0.25) is 0 Å². The van der Waals surface area contributed by atoms with Gasteiger partial charge in [-0.2, -0.15) is 4.98 Å². The van der Waals surface area contributed by atoms with Crippen molar-refractivity contribution < 1.29 is 4.52 Å². The second-order valence-electron chi connectivity index (χ2n) is 4.02. The van der Waals surface area contributed by atoms with Crippen LogP contribution in [0.4, 0.5) is 0 Å². The average Bonchev–Trinajstić information content (AvgIpc) is 2.71. The summed E-state index contributed by atoms with van der Waals surface area (Å²) in [5.41, 5.74) is 5.66. The maximum atomic E-state index is 5.66. The maximum absolute atomic E-state index is 5.66. The Morgan fingerprint density at radius 1 is 1.53 bits per heavy atom. The first-order valence-electron chi connectivity index (χ1n) is 4.98. The van der Waals surface area contributed by atoms with Crippen LogP contribution in [0, 0.1) is 5.92 Å². The molecule has 1 aromatic rings. The summed E-state index contributed by atoms with van der Waals surface area (Å²) in [7, 11) is 0. The van der Waals surface area contributed by atoms with E-state index in [9.17, 15) is 0 Å². The molecule has 3 N–H and O–H groups in total. The molecule has 3 unspecified atom stereocenters. The molecule has 0 amide bonds. The minimum atomic E-state index is -0.155. The molecule has 0 saturated carbocycles. The Balaban J connectivity index is 0.00000112. The standard InChI is InChI=1S/C9H16N4O.ClH/c1-5-3-11-4-7(5)9-12-8(6(2)10)13-14-9;/h5-7,11H,3-4,10H2,1-2H3;1H. The smallest absolute Gasteiger partial charge is 0.231 e. The normalized spacial score (nSPS) is 27.4. The third-order valence-electron chi connectivity index (χ3n) is 2.70. The lowest BCUT2D eigenvalue weighted by atomic mass is 9.98. The highest BCUT2D eigenvalue weighted by atomic mass is 35.5. The molecule has 0 spiro atoms. The molecule has 1 aliphatic heterocycles. The first-order valence-corrected chi connectivity index (χ1v) is 4.98. The average molecular weight is 233 g/mol. The number of nitrogens with zero attached hydrogens (tertiary/aromatic N) is 2. The molecule has 1 aromatic heterocycles. The van der Waals surface area contributed by atoms with E-state index in [0.29, 0.717) is 17.7 Å². The summed E-state index contributed by atoms with van der Waals surface area (Å²) < 4.78 is 5.20. The number of aromatic nitrogens is 2. The van der Waals surface area contributed by atoms with Gasteiger partial charge in [0.1, 0.15) is 0 Å². The Bertz CT molecular complexity index is 315. The van der Waals surface area contributed by atoms with Crippen molar-refractivity contribution in [2.75, 3.05) is 13.1 Å². The molecule has 0 radical (unpaired) electrons. The van der Waals surface area contributed by atoms with Crippen molar-refractivity contribution >= 4 is 12.4 Å². The van der Waals surface area contributed by atoms with Crippen LogP contribution in [0.15, 0.2) is 4.52 Å². The van der Waals surface area contributed by atoms with Crippen LogP contribution in [0.3, 0.4) is 0 Å². The SMILES string of the molecule is CC(N)c1noc(C2CNCC2C)n1.Cl. The van der Waals surface area contributed by atoms with Crippen molar-refractivity contribution in [3.63, 3.8) is 0 Å². The van der Waals surface area contributed by atoms with Gasteiger partial charge in [0.05, 0.1) is 12.0 Å². The summed E-state index contributed by atoms with van der Waals surface area (Å²) in [6.07, 6.45) is 0. The van der Waals surface area contributed by atoms with Gasteiger partial charge in [-0.25, -0.2) is 0 Å². The highest BCUT2D eigenvalue weighted by molar-refractivity contribution is 5.85. The lowest BCUT2D eigenvalue weighted by Gasteiger charge is -2.07. The third kappa shape index (κ3) is 2.48. The lowest BCUT2D eigenvalue weighted by molar-refractivity contribution is 0.335. The number of hydrogen-bond donors (Lipinski definition) is 2. The zero-order valence-corrected chi connectivity index (χ0v) is 9.75. The molecular weight excluding hydrogens is 216 g/mol. The lowest BCUT2D eigenvalue weighted by Crippen LogP contribution is -2.10. The summed E-state index contributed by atoms with van der Waals surface area (Å²) >= 11 is 0. The molecule has 1 fully saturated rings. The van der Waals surface area contributed by atoms with E-state index in [2.05, 4.69) is 22.4 Å². The van der Waals surface area contributed by atoms with E-state index in [1.807, 2.05) is 6.92 Å². The van der Waals surface area contributed by atoms with Crippen molar-refractivity contribution in [2.45, 2.75) is 25.8 Å². The molecule has 1 aliphatic rings. The van der Waals surface area contributed by atoms with Crippen molar-refractivity contribution in [3.05, 3.63) is 11.7 Å². The van der Waals surface area contributed by atoms with Gasteiger partial charge in [-0.1, -0.05) is 12.1 Å². The van der Waals surface area contributed by atoms with Gasteiger partial charge in [0.15, 0.2) is 5.82 Å². The van der Waals surface area contributed by atoms with Gasteiger partial charge in [-0.15, -0.1) is 12.4 Å². The Labute approximate surface area is 95.2 Å². The first kappa shape index (κ1) is 12.4. The molecule has 0 bridgehead atoms. The van der Waals surface area contributed by atoms with Crippen molar-refractivity contribution in [1.29, 1.82) is 0 Å². The minimum Gasteiger partial charge on any atom is -0.339 e. The van der Waals surface area contributed by atoms with Crippen LogP contribution < -0.4 is 11.1 Å². The molecule has 0 aromatic carbocycles. The van der Waals surface area contributed by atoms with Crippen LogP contribution in [0.1, 0.15) is 37.5 Å². The number of halogens is 1. The summed E-state index contributed by atoms with van der Waals surface area (Å²) in [4.78, 5) is 4.30. The topological polar surface area (TPSA) is 77.0 Å². The van der Waals surface area contributed by atoms with E-state index in [4.69, 9.17) is 10.3 Å². The van der Waals surface area contributed by atoms with Crippen LogP contribution in [0.5, 0.6) is 0 Å². The van der Waals surface area contributed by atoms with Gasteiger partial charge < -0.3 is 15.6 Å². The fraction of sp³-hybridized carbons (Fsp3) is 0.778. The molecule has 0 aliphatic carbocycles. The van der Waals surface area contributed by atoms with Crippen molar-refractivity contribution in [1.82, 2.24) is 15.5 Å². The van der Waals surface area contributed by atoms with Crippen LogP contribution in [0.25, 0.3) is 0 Å². The number of nitrogens with two attached hydrogens (primary N) is 1. The molecule has 15 heavy (non-hydrogen) atoms. The highest BCUT2D eigenvalue weighted by Gasteiger charge is 2.29. The summed E-state index contributed by atoms with van der Waals surface area (Å²) in [5, 5.41) is 7.16. The Kier molecular flexibility index (Phi) is 4.07. The minimum absolute atomic E-state index is 0. The van der Waals surface area contributed by atoms with Crippen LogP contribution >= 0.6 is 12.4 Å². The summed E-state index contributed by atoms with van der Waals surface area (Å²) in [6, 6.07) is -0.155. The second kappa shape index (κ2) is 4.92. The predicted octanol–water partition coefficient (Wildman–Crippen LogP) is 0.834. The Morgan fingerprint density at radius 3 is 2.73 bits per heavy atom. The van der Waals surface area contributed by atoms with E-state index in [-0.39, 0.29) is 18.4 Å². The van der Waals surface area contributed by atoms with Gasteiger partial charge in [0, 0.05) is 6.54 Å². The maximum Gasteiger partial charge on any atom is 0.231 e. The quantitative estimate of drug-likeness (QED) is 0.790.